The van der Waals surface area contributed by atoms with E-state index in [4.69, 9.17) is 14.2 Å². The van der Waals surface area contributed by atoms with E-state index in [9.17, 15) is 14.4 Å². The molecule has 0 aromatic rings. The van der Waals surface area contributed by atoms with Crippen molar-refractivity contribution < 1.29 is 28.6 Å². The lowest BCUT2D eigenvalue weighted by molar-refractivity contribution is -0.167. The molecule has 77 heavy (non-hydrogen) atoms. The smallest absolute Gasteiger partial charge is 0.306 e. The SMILES string of the molecule is CCCCCCC/C=C\C/C=C\CCCCCCCCCCCCCC(=O)OCC(COC(=O)CCCCCCCCCCCCCCCCCCCC)OC(=O)CCCCCCCCCCCCCCCCCCCC. The summed E-state index contributed by atoms with van der Waals surface area (Å²) in [6.07, 6.45) is 80.5. The number of unbranched alkanes of at least 4 members (excludes halogenated alkanes) is 50. The van der Waals surface area contributed by atoms with Crippen LogP contribution >= 0.6 is 0 Å². The van der Waals surface area contributed by atoms with Crippen LogP contribution in [0.1, 0.15) is 393 Å². The third-order valence-corrected chi connectivity index (χ3v) is 16.0. The Balaban J connectivity index is 4.29. The van der Waals surface area contributed by atoms with Gasteiger partial charge in [0.25, 0.3) is 0 Å². The second-order valence-electron chi connectivity index (χ2n) is 23.8. The Morgan fingerprint density at radius 3 is 0.714 bits per heavy atom. The molecule has 1 unspecified atom stereocenters. The van der Waals surface area contributed by atoms with Crippen molar-refractivity contribution in [3.8, 4) is 0 Å². The van der Waals surface area contributed by atoms with Crippen LogP contribution in [0.2, 0.25) is 0 Å². The van der Waals surface area contributed by atoms with E-state index in [2.05, 4.69) is 45.1 Å². The maximum Gasteiger partial charge on any atom is 0.306 e. The van der Waals surface area contributed by atoms with Crippen LogP contribution in [0.25, 0.3) is 0 Å². The standard InChI is InChI=1S/C71H134O6/c1-4-7-10-13-16-19-22-25-28-31-34-35-36-37-38-41-43-46-49-52-55-58-61-64-70(73)76-67-68(77-71(74)65-62-59-56-53-50-47-44-40-33-30-27-24-21-18-15-12-9-6-3)66-75-69(72)63-60-57-54-51-48-45-42-39-32-29-26-23-20-17-14-11-8-5-2/h22,25,31,34,68H,4-21,23-24,26-30,32-33,35-67H2,1-3H3/b25-22-,34-31-. The third kappa shape index (κ3) is 64.6. The van der Waals surface area contributed by atoms with E-state index < -0.39 is 6.10 Å². The summed E-state index contributed by atoms with van der Waals surface area (Å²) in [4.78, 5) is 38.4. The van der Waals surface area contributed by atoms with Crippen LogP contribution in [0.4, 0.5) is 0 Å². The van der Waals surface area contributed by atoms with E-state index in [0.29, 0.717) is 19.3 Å². The minimum absolute atomic E-state index is 0.0647. The number of carbonyl (C=O) groups excluding carboxylic acids is 3. The Morgan fingerprint density at radius 1 is 0.260 bits per heavy atom. The summed E-state index contributed by atoms with van der Waals surface area (Å²) in [6.45, 7) is 6.72. The van der Waals surface area contributed by atoms with E-state index in [1.54, 1.807) is 0 Å². The summed E-state index contributed by atoms with van der Waals surface area (Å²) >= 11 is 0. The number of ether oxygens (including phenoxy) is 3. The monoisotopic (exact) mass is 1080 g/mol. The zero-order chi connectivity index (χ0) is 55.7. The molecule has 0 amide bonds. The highest BCUT2D eigenvalue weighted by molar-refractivity contribution is 5.71. The van der Waals surface area contributed by atoms with Crippen LogP contribution in [0.3, 0.4) is 0 Å². The van der Waals surface area contributed by atoms with Crippen LogP contribution < -0.4 is 0 Å². The van der Waals surface area contributed by atoms with Gasteiger partial charge in [0.15, 0.2) is 6.10 Å². The van der Waals surface area contributed by atoms with Crippen LogP contribution in [0, 0.1) is 0 Å². The lowest BCUT2D eigenvalue weighted by atomic mass is 10.0. The molecular weight excluding hydrogens is 949 g/mol. The van der Waals surface area contributed by atoms with Gasteiger partial charge in [-0.3, -0.25) is 14.4 Å². The summed E-state index contributed by atoms with van der Waals surface area (Å²) in [7, 11) is 0. The lowest BCUT2D eigenvalue weighted by Crippen LogP contribution is -2.30. The van der Waals surface area contributed by atoms with Crippen LogP contribution in [0.5, 0.6) is 0 Å². The van der Waals surface area contributed by atoms with Gasteiger partial charge in [-0.2, -0.15) is 0 Å². The van der Waals surface area contributed by atoms with Gasteiger partial charge in [0.1, 0.15) is 13.2 Å². The molecule has 0 bridgehead atoms. The van der Waals surface area contributed by atoms with Crippen LogP contribution in [-0.2, 0) is 28.6 Å². The molecule has 0 heterocycles. The molecule has 0 aromatic carbocycles. The molecule has 6 nitrogen and oxygen atoms in total. The van der Waals surface area contributed by atoms with Crippen molar-refractivity contribution in [2.75, 3.05) is 13.2 Å². The predicted molar refractivity (Wildman–Crippen MR) is 335 cm³/mol. The lowest BCUT2D eigenvalue weighted by Gasteiger charge is -2.18. The average molecular weight is 1080 g/mol. The van der Waals surface area contributed by atoms with E-state index >= 15 is 0 Å². The third-order valence-electron chi connectivity index (χ3n) is 16.0. The van der Waals surface area contributed by atoms with Gasteiger partial charge in [-0.05, 0) is 51.4 Å². The molecule has 1 atom stereocenters. The Hall–Kier alpha value is -2.11. The molecule has 0 radical (unpaired) electrons. The highest BCUT2D eigenvalue weighted by Crippen LogP contribution is 2.19. The van der Waals surface area contributed by atoms with E-state index in [1.165, 1.54) is 289 Å². The maximum absolute atomic E-state index is 12.9. The molecule has 0 saturated heterocycles. The fourth-order valence-corrected chi connectivity index (χ4v) is 10.7. The zero-order valence-electron chi connectivity index (χ0n) is 52.3. The molecule has 0 N–H and O–H groups in total. The highest BCUT2D eigenvalue weighted by atomic mass is 16.6. The second kappa shape index (κ2) is 66.4. The Morgan fingerprint density at radius 2 is 0.468 bits per heavy atom. The first-order valence-corrected chi connectivity index (χ1v) is 34.8. The van der Waals surface area contributed by atoms with Crippen molar-refractivity contribution in [2.24, 2.45) is 0 Å². The highest BCUT2D eigenvalue weighted by Gasteiger charge is 2.19. The van der Waals surface area contributed by atoms with Crippen LogP contribution in [-0.4, -0.2) is 37.2 Å². The van der Waals surface area contributed by atoms with Gasteiger partial charge in [0.2, 0.25) is 0 Å². The summed E-state index contributed by atoms with van der Waals surface area (Å²) in [6, 6.07) is 0. The van der Waals surface area contributed by atoms with Gasteiger partial charge in [0.05, 0.1) is 0 Å². The number of rotatable bonds is 65. The van der Waals surface area contributed by atoms with Crippen molar-refractivity contribution >= 4 is 17.9 Å². The van der Waals surface area contributed by atoms with E-state index in [1.807, 2.05) is 0 Å². The Bertz CT molecular complexity index is 1240. The number of carbonyl (C=O) groups is 3. The van der Waals surface area contributed by atoms with Gasteiger partial charge in [-0.25, -0.2) is 0 Å². The summed E-state index contributed by atoms with van der Waals surface area (Å²) in [5, 5.41) is 0. The molecule has 0 rings (SSSR count). The number of esters is 3. The molecular formula is C71H134O6. The molecule has 454 valence electrons. The summed E-state index contributed by atoms with van der Waals surface area (Å²) in [5.41, 5.74) is 0. The first-order chi connectivity index (χ1) is 38.0. The number of hydrogen-bond acceptors (Lipinski definition) is 6. The van der Waals surface area contributed by atoms with Crippen molar-refractivity contribution in [2.45, 2.75) is 399 Å². The molecule has 0 aromatic heterocycles. The fourth-order valence-electron chi connectivity index (χ4n) is 10.7. The van der Waals surface area contributed by atoms with Crippen molar-refractivity contribution in [1.29, 1.82) is 0 Å². The number of hydrogen-bond donors (Lipinski definition) is 0. The molecule has 0 aliphatic rings. The molecule has 0 saturated carbocycles. The summed E-state index contributed by atoms with van der Waals surface area (Å²) in [5.74, 6) is -0.832. The Kier molecular flexibility index (Phi) is 64.6. The minimum atomic E-state index is -0.768. The Labute approximate surface area is 481 Å². The maximum atomic E-state index is 12.9. The number of allylic oxidation sites excluding steroid dienone is 4. The first-order valence-electron chi connectivity index (χ1n) is 34.8. The van der Waals surface area contributed by atoms with Crippen molar-refractivity contribution in [3.63, 3.8) is 0 Å². The topological polar surface area (TPSA) is 78.9 Å². The van der Waals surface area contributed by atoms with Gasteiger partial charge in [-0.15, -0.1) is 0 Å². The molecule has 0 fully saturated rings. The van der Waals surface area contributed by atoms with Crippen molar-refractivity contribution in [1.82, 2.24) is 0 Å². The first kappa shape index (κ1) is 74.9. The second-order valence-corrected chi connectivity index (χ2v) is 23.8. The molecule has 0 aliphatic carbocycles. The van der Waals surface area contributed by atoms with E-state index in [0.717, 1.165) is 64.2 Å². The fraction of sp³-hybridized carbons (Fsp3) is 0.901. The van der Waals surface area contributed by atoms with Gasteiger partial charge in [-0.1, -0.05) is 347 Å². The quantitative estimate of drug-likeness (QED) is 0.0261. The van der Waals surface area contributed by atoms with Gasteiger partial charge >= 0.3 is 17.9 Å². The van der Waals surface area contributed by atoms with Gasteiger partial charge in [0, 0.05) is 19.3 Å². The molecule has 0 aliphatic heterocycles. The zero-order valence-corrected chi connectivity index (χ0v) is 52.3. The summed E-state index contributed by atoms with van der Waals surface area (Å²) < 4.78 is 17.0. The van der Waals surface area contributed by atoms with Crippen LogP contribution in [0.15, 0.2) is 24.3 Å². The average Bonchev–Trinajstić information content (AvgIpc) is 3.43. The molecule has 6 heteroatoms. The van der Waals surface area contributed by atoms with Crippen molar-refractivity contribution in [3.05, 3.63) is 24.3 Å². The predicted octanol–water partition coefficient (Wildman–Crippen LogP) is 23.8. The van der Waals surface area contributed by atoms with Gasteiger partial charge < -0.3 is 14.2 Å². The largest absolute Gasteiger partial charge is 0.462 e. The van der Waals surface area contributed by atoms with E-state index in [-0.39, 0.29) is 31.1 Å². The minimum Gasteiger partial charge on any atom is -0.462 e. The normalized spacial score (nSPS) is 12.1. The molecule has 0 spiro atoms.